The van der Waals surface area contributed by atoms with Crippen LogP contribution < -0.4 is 24.8 Å². The van der Waals surface area contributed by atoms with Crippen LogP contribution in [-0.4, -0.2) is 63.2 Å². The van der Waals surface area contributed by atoms with Gasteiger partial charge >= 0.3 is 0 Å². The fourth-order valence-electron chi connectivity index (χ4n) is 4.09. The van der Waals surface area contributed by atoms with Gasteiger partial charge in [-0.1, -0.05) is 12.1 Å². The number of carbonyl (C=O) groups is 2. The van der Waals surface area contributed by atoms with E-state index in [0.717, 1.165) is 37.2 Å². The molecule has 0 saturated carbocycles. The number of carbonyl (C=O) groups excluding carboxylic acids is 2. The molecule has 1 unspecified atom stereocenters. The van der Waals surface area contributed by atoms with Gasteiger partial charge in [0.05, 0.1) is 32.9 Å². The van der Waals surface area contributed by atoms with Crippen molar-refractivity contribution in [1.29, 1.82) is 0 Å². The Morgan fingerprint density at radius 2 is 1.71 bits per heavy atom. The van der Waals surface area contributed by atoms with Crippen molar-refractivity contribution in [3.63, 3.8) is 0 Å². The summed E-state index contributed by atoms with van der Waals surface area (Å²) >= 11 is 0. The van der Waals surface area contributed by atoms with E-state index < -0.39 is 0 Å². The number of rotatable bonds is 12. The van der Waals surface area contributed by atoms with E-state index in [1.807, 2.05) is 32.0 Å². The highest BCUT2D eigenvalue weighted by Crippen LogP contribution is 2.29. The lowest BCUT2D eigenvalue weighted by molar-refractivity contribution is -0.120. The zero-order valence-corrected chi connectivity index (χ0v) is 20.3. The van der Waals surface area contributed by atoms with E-state index in [2.05, 4.69) is 21.6 Å². The van der Waals surface area contributed by atoms with Crippen molar-refractivity contribution in [3.05, 3.63) is 53.6 Å². The van der Waals surface area contributed by atoms with Crippen LogP contribution in [0.2, 0.25) is 0 Å². The lowest BCUT2D eigenvalue weighted by atomic mass is 10.0. The van der Waals surface area contributed by atoms with E-state index in [9.17, 15) is 9.59 Å². The molecule has 1 saturated heterocycles. The molecule has 8 heteroatoms. The summed E-state index contributed by atoms with van der Waals surface area (Å²) in [6.07, 6.45) is 2.30. The minimum atomic E-state index is -0.344. The molecule has 184 valence electrons. The topological polar surface area (TPSA) is 89.1 Å². The minimum Gasteiger partial charge on any atom is -0.497 e. The molecule has 0 aromatic heterocycles. The van der Waals surface area contributed by atoms with Crippen molar-refractivity contribution >= 4 is 11.8 Å². The van der Waals surface area contributed by atoms with Gasteiger partial charge in [-0.05, 0) is 75.7 Å². The number of likely N-dealkylation sites (tertiary alicyclic amines) is 1. The molecular weight excluding hydrogens is 434 g/mol. The molecule has 2 N–H and O–H groups in total. The van der Waals surface area contributed by atoms with Gasteiger partial charge in [-0.25, -0.2) is 0 Å². The van der Waals surface area contributed by atoms with Crippen LogP contribution in [0.4, 0.5) is 0 Å². The van der Waals surface area contributed by atoms with E-state index in [0.29, 0.717) is 36.8 Å². The first kappa shape index (κ1) is 25.4. The molecule has 1 fully saturated rings. The van der Waals surface area contributed by atoms with E-state index in [4.69, 9.17) is 14.2 Å². The van der Waals surface area contributed by atoms with Crippen molar-refractivity contribution in [2.75, 3.05) is 46.5 Å². The zero-order chi connectivity index (χ0) is 24.3. The summed E-state index contributed by atoms with van der Waals surface area (Å²) in [5.74, 6) is 1.30. The Morgan fingerprint density at radius 1 is 0.971 bits per heavy atom. The number of nitrogens with one attached hydrogen (secondary N) is 2. The van der Waals surface area contributed by atoms with Crippen LogP contribution in [0.5, 0.6) is 17.2 Å². The molecule has 34 heavy (non-hydrogen) atoms. The van der Waals surface area contributed by atoms with Crippen LogP contribution in [0, 0.1) is 0 Å². The minimum absolute atomic E-state index is 0.0529. The average Bonchev–Trinajstić information content (AvgIpc) is 3.39. The van der Waals surface area contributed by atoms with Crippen LogP contribution in [-0.2, 0) is 4.79 Å². The molecule has 1 heterocycles. The molecule has 1 atom stereocenters. The molecule has 8 nitrogen and oxygen atoms in total. The SMILES string of the molecule is CCOc1ccc(C(=O)NCC(=O)NCC(c2cccc(OC)c2)N2CCCC2)cc1OCC. The lowest BCUT2D eigenvalue weighted by Crippen LogP contribution is -2.41. The van der Waals surface area contributed by atoms with E-state index in [-0.39, 0.29) is 24.4 Å². The summed E-state index contributed by atoms with van der Waals surface area (Å²) in [6, 6.07) is 13.0. The number of benzene rings is 2. The maximum atomic E-state index is 12.6. The summed E-state index contributed by atoms with van der Waals surface area (Å²) in [6.45, 7) is 7.05. The fraction of sp³-hybridized carbons (Fsp3) is 0.462. The number of hydrogen-bond acceptors (Lipinski definition) is 6. The second-order valence-corrected chi connectivity index (χ2v) is 8.05. The Morgan fingerprint density at radius 3 is 2.41 bits per heavy atom. The predicted octanol–water partition coefficient (Wildman–Crippen LogP) is 3.18. The summed E-state index contributed by atoms with van der Waals surface area (Å²) in [5.41, 5.74) is 1.51. The third-order valence-corrected chi connectivity index (χ3v) is 5.77. The van der Waals surface area contributed by atoms with Gasteiger partial charge in [-0.2, -0.15) is 0 Å². The molecule has 2 aromatic carbocycles. The van der Waals surface area contributed by atoms with Crippen molar-refractivity contribution in [3.8, 4) is 17.2 Å². The van der Waals surface area contributed by atoms with Crippen molar-refractivity contribution in [1.82, 2.24) is 15.5 Å². The van der Waals surface area contributed by atoms with Crippen LogP contribution in [0.25, 0.3) is 0 Å². The number of hydrogen-bond donors (Lipinski definition) is 2. The second-order valence-electron chi connectivity index (χ2n) is 8.05. The summed E-state index contributed by atoms with van der Waals surface area (Å²) < 4.78 is 16.5. The third kappa shape index (κ3) is 6.87. The maximum absolute atomic E-state index is 12.6. The Labute approximate surface area is 201 Å². The monoisotopic (exact) mass is 469 g/mol. The van der Waals surface area contributed by atoms with Gasteiger partial charge in [0.15, 0.2) is 11.5 Å². The van der Waals surface area contributed by atoms with Gasteiger partial charge in [0.1, 0.15) is 5.75 Å². The summed E-state index contributed by atoms with van der Waals surface area (Å²) in [7, 11) is 1.65. The van der Waals surface area contributed by atoms with Crippen LogP contribution in [0.3, 0.4) is 0 Å². The first-order chi connectivity index (χ1) is 16.5. The first-order valence-electron chi connectivity index (χ1n) is 11.9. The van der Waals surface area contributed by atoms with Gasteiger partial charge in [0, 0.05) is 12.1 Å². The smallest absolute Gasteiger partial charge is 0.251 e. The standard InChI is InChI=1S/C26H35N3O5/c1-4-33-23-12-11-20(16-24(23)34-5-2)26(31)28-18-25(30)27-17-22(29-13-6-7-14-29)19-9-8-10-21(15-19)32-3/h8-12,15-16,22H,4-7,13-14,17-18H2,1-3H3,(H,27,30)(H,28,31). The number of amides is 2. The third-order valence-electron chi connectivity index (χ3n) is 5.77. The highest BCUT2D eigenvalue weighted by atomic mass is 16.5. The second kappa shape index (κ2) is 12.8. The van der Waals surface area contributed by atoms with E-state index in [1.54, 1.807) is 25.3 Å². The summed E-state index contributed by atoms with van der Waals surface area (Å²) in [4.78, 5) is 27.5. The Balaban J connectivity index is 1.57. The molecule has 1 aliphatic heterocycles. The van der Waals surface area contributed by atoms with E-state index in [1.165, 1.54) is 0 Å². The van der Waals surface area contributed by atoms with Crippen molar-refractivity contribution in [2.45, 2.75) is 32.7 Å². The van der Waals surface area contributed by atoms with Crippen LogP contribution in [0.15, 0.2) is 42.5 Å². The predicted molar refractivity (Wildman–Crippen MR) is 131 cm³/mol. The van der Waals surface area contributed by atoms with Crippen molar-refractivity contribution in [2.24, 2.45) is 0 Å². The average molecular weight is 470 g/mol. The van der Waals surface area contributed by atoms with Crippen LogP contribution >= 0.6 is 0 Å². The highest BCUT2D eigenvalue weighted by molar-refractivity contribution is 5.97. The number of ether oxygens (including phenoxy) is 3. The maximum Gasteiger partial charge on any atom is 0.251 e. The molecule has 3 rings (SSSR count). The van der Waals surface area contributed by atoms with Crippen molar-refractivity contribution < 1.29 is 23.8 Å². The molecule has 2 amide bonds. The van der Waals surface area contributed by atoms with Gasteiger partial charge in [-0.15, -0.1) is 0 Å². The van der Waals surface area contributed by atoms with E-state index >= 15 is 0 Å². The van der Waals surface area contributed by atoms with Crippen LogP contribution in [0.1, 0.15) is 48.7 Å². The Kier molecular flexibility index (Phi) is 9.58. The normalized spacial score (nSPS) is 14.3. The Bertz CT molecular complexity index is 959. The number of methoxy groups -OCH3 is 1. The summed E-state index contributed by atoms with van der Waals surface area (Å²) in [5, 5.41) is 5.67. The molecule has 0 aliphatic carbocycles. The molecule has 0 radical (unpaired) electrons. The molecular formula is C26H35N3O5. The Hall–Kier alpha value is -3.26. The van der Waals surface area contributed by atoms with Gasteiger partial charge in [-0.3, -0.25) is 14.5 Å². The first-order valence-corrected chi connectivity index (χ1v) is 11.9. The zero-order valence-electron chi connectivity index (χ0n) is 20.3. The highest BCUT2D eigenvalue weighted by Gasteiger charge is 2.24. The molecule has 0 spiro atoms. The van der Waals surface area contributed by atoms with Gasteiger partial charge in [0.25, 0.3) is 5.91 Å². The van der Waals surface area contributed by atoms with Gasteiger partial charge < -0.3 is 24.8 Å². The lowest BCUT2D eigenvalue weighted by Gasteiger charge is -2.28. The fourth-order valence-corrected chi connectivity index (χ4v) is 4.09. The number of nitrogens with zero attached hydrogens (tertiary/aromatic N) is 1. The molecule has 2 aromatic rings. The van der Waals surface area contributed by atoms with Gasteiger partial charge in [0.2, 0.25) is 5.91 Å². The largest absolute Gasteiger partial charge is 0.497 e. The molecule has 1 aliphatic rings. The molecule has 0 bridgehead atoms. The quantitative estimate of drug-likeness (QED) is 0.496.